The minimum Gasteiger partial charge on any atom is -0.0616 e. The molecule has 0 atom stereocenters. The van der Waals surface area contributed by atoms with Gasteiger partial charge in [-0.1, -0.05) is 172 Å². The summed E-state index contributed by atoms with van der Waals surface area (Å²) in [6.45, 7) is 4.80. The average Bonchev–Trinajstić information content (AvgIpc) is 3.40. The molecule has 9 aromatic carbocycles. The Labute approximate surface area is 286 Å². The van der Waals surface area contributed by atoms with Crippen LogP contribution in [0.3, 0.4) is 0 Å². The van der Waals surface area contributed by atoms with Crippen molar-refractivity contribution in [1.82, 2.24) is 0 Å². The molecule has 0 saturated carbocycles. The van der Waals surface area contributed by atoms with Crippen molar-refractivity contribution in [3.05, 3.63) is 181 Å². The molecular weight excluding hydrogens is 589 g/mol. The van der Waals surface area contributed by atoms with Crippen LogP contribution in [0, 0.1) is 0 Å². The summed E-state index contributed by atoms with van der Waals surface area (Å²) in [6, 6.07) is 63.1. The van der Waals surface area contributed by atoms with E-state index in [1.165, 1.54) is 98.7 Å². The second-order valence-corrected chi connectivity index (χ2v) is 14.0. The summed E-state index contributed by atoms with van der Waals surface area (Å²) in [5.41, 5.74) is 13.1. The van der Waals surface area contributed by atoms with Gasteiger partial charge in [0.05, 0.1) is 0 Å². The van der Waals surface area contributed by atoms with Gasteiger partial charge in [-0.3, -0.25) is 0 Å². The van der Waals surface area contributed by atoms with E-state index in [2.05, 4.69) is 184 Å². The lowest BCUT2D eigenvalue weighted by molar-refractivity contribution is 0.666. The highest BCUT2D eigenvalue weighted by Crippen LogP contribution is 2.56. The highest BCUT2D eigenvalue weighted by atomic mass is 14.4. The zero-order chi connectivity index (χ0) is 32.7. The van der Waals surface area contributed by atoms with Gasteiger partial charge < -0.3 is 0 Å². The lowest BCUT2D eigenvalue weighted by Gasteiger charge is -2.23. The van der Waals surface area contributed by atoms with Crippen LogP contribution in [0.2, 0.25) is 0 Å². The molecule has 0 amide bonds. The van der Waals surface area contributed by atoms with Crippen molar-refractivity contribution in [1.29, 1.82) is 0 Å². The molecule has 230 valence electrons. The summed E-state index contributed by atoms with van der Waals surface area (Å²) in [6.07, 6.45) is 0. The topological polar surface area (TPSA) is 0 Å². The largest absolute Gasteiger partial charge is 0.0616 e. The van der Waals surface area contributed by atoms with Crippen LogP contribution in [0.25, 0.3) is 87.6 Å². The van der Waals surface area contributed by atoms with Crippen LogP contribution in [0.4, 0.5) is 0 Å². The Bertz CT molecular complexity index is 2740. The van der Waals surface area contributed by atoms with Crippen LogP contribution >= 0.6 is 0 Å². The van der Waals surface area contributed by atoms with E-state index in [9.17, 15) is 0 Å². The maximum absolute atomic E-state index is 2.40. The molecule has 0 spiro atoms. The van der Waals surface area contributed by atoms with Gasteiger partial charge in [-0.05, 0) is 111 Å². The Morgan fingerprint density at radius 3 is 1.61 bits per heavy atom. The molecular formula is C49H34. The van der Waals surface area contributed by atoms with Crippen molar-refractivity contribution in [3.63, 3.8) is 0 Å². The van der Waals surface area contributed by atoms with E-state index in [1.807, 2.05) is 0 Å². The standard InChI is InChI=1S/C49H34/c1-49(2)44-24-12-23-42(47(44)43-28-27-32-14-5-6-18-37(32)48(43)49)46-40-21-9-7-19-38(40)45(39-20-8-10-22-41(39)46)36-17-11-16-34(30-36)35-26-25-31-13-3-4-15-33(31)29-35/h3-30H,1-2H3. The van der Waals surface area contributed by atoms with Crippen molar-refractivity contribution < 1.29 is 0 Å². The SMILES string of the molecule is CC1(C)c2cccc(-c3c4ccccc4c(-c4cccc(-c5ccc6ccccc6c5)c4)c4ccccc34)c2-c2ccc3ccccc3c21. The Balaban J connectivity index is 1.25. The second-order valence-electron chi connectivity index (χ2n) is 14.0. The first-order valence-electron chi connectivity index (χ1n) is 17.3. The molecule has 9 aromatic rings. The first-order valence-corrected chi connectivity index (χ1v) is 17.3. The predicted octanol–water partition coefficient (Wildman–Crippen LogP) is 13.6. The molecule has 0 radical (unpaired) electrons. The molecule has 0 heterocycles. The summed E-state index contributed by atoms with van der Waals surface area (Å²) >= 11 is 0. The van der Waals surface area contributed by atoms with Crippen LogP contribution in [-0.4, -0.2) is 0 Å². The molecule has 49 heavy (non-hydrogen) atoms. The summed E-state index contributed by atoms with van der Waals surface area (Å²) in [5.74, 6) is 0. The quantitative estimate of drug-likeness (QED) is 0.172. The molecule has 0 heteroatoms. The molecule has 10 rings (SSSR count). The van der Waals surface area contributed by atoms with E-state index in [4.69, 9.17) is 0 Å². The fourth-order valence-corrected chi connectivity index (χ4v) is 8.81. The lowest BCUT2D eigenvalue weighted by Crippen LogP contribution is -2.15. The zero-order valence-electron chi connectivity index (χ0n) is 27.7. The fourth-order valence-electron chi connectivity index (χ4n) is 8.81. The molecule has 0 saturated heterocycles. The van der Waals surface area contributed by atoms with Crippen molar-refractivity contribution in [2.75, 3.05) is 0 Å². The average molecular weight is 623 g/mol. The Hall–Kier alpha value is -5.98. The number of rotatable bonds is 3. The predicted molar refractivity (Wildman–Crippen MR) is 210 cm³/mol. The minimum atomic E-state index is -0.115. The number of benzene rings is 9. The van der Waals surface area contributed by atoms with E-state index in [-0.39, 0.29) is 5.41 Å². The normalized spacial score (nSPS) is 13.3. The molecule has 1 aliphatic carbocycles. The van der Waals surface area contributed by atoms with Crippen molar-refractivity contribution in [2.45, 2.75) is 19.3 Å². The van der Waals surface area contributed by atoms with Crippen LogP contribution in [-0.2, 0) is 5.41 Å². The van der Waals surface area contributed by atoms with Gasteiger partial charge in [0.15, 0.2) is 0 Å². The van der Waals surface area contributed by atoms with E-state index in [1.54, 1.807) is 0 Å². The molecule has 1 aliphatic rings. The molecule has 0 aliphatic heterocycles. The van der Waals surface area contributed by atoms with E-state index in [0.717, 1.165) is 0 Å². The number of hydrogen-bond donors (Lipinski definition) is 0. The molecule has 0 bridgehead atoms. The smallest absolute Gasteiger partial charge is 0.0165 e. The van der Waals surface area contributed by atoms with Gasteiger partial charge in [0.2, 0.25) is 0 Å². The number of hydrogen-bond acceptors (Lipinski definition) is 0. The van der Waals surface area contributed by atoms with Crippen LogP contribution < -0.4 is 0 Å². The molecule has 0 nitrogen and oxygen atoms in total. The highest BCUT2D eigenvalue weighted by Gasteiger charge is 2.38. The van der Waals surface area contributed by atoms with Gasteiger partial charge >= 0.3 is 0 Å². The molecule has 0 aromatic heterocycles. The highest BCUT2D eigenvalue weighted by molar-refractivity contribution is 6.23. The first kappa shape index (κ1) is 28.1. The first-order chi connectivity index (χ1) is 24.1. The van der Waals surface area contributed by atoms with Crippen LogP contribution in [0.1, 0.15) is 25.0 Å². The zero-order valence-corrected chi connectivity index (χ0v) is 27.7. The Morgan fingerprint density at radius 1 is 0.327 bits per heavy atom. The second kappa shape index (κ2) is 10.5. The van der Waals surface area contributed by atoms with Gasteiger partial charge in [0.25, 0.3) is 0 Å². The number of fused-ring (bicyclic) bond motifs is 8. The third-order valence-corrected chi connectivity index (χ3v) is 11.0. The van der Waals surface area contributed by atoms with Gasteiger partial charge in [-0.2, -0.15) is 0 Å². The van der Waals surface area contributed by atoms with Crippen molar-refractivity contribution in [3.8, 4) is 44.5 Å². The maximum atomic E-state index is 2.40. The van der Waals surface area contributed by atoms with Gasteiger partial charge in [0.1, 0.15) is 0 Å². The van der Waals surface area contributed by atoms with E-state index >= 15 is 0 Å². The fraction of sp³-hybridized carbons (Fsp3) is 0.0612. The van der Waals surface area contributed by atoms with Crippen LogP contribution in [0.15, 0.2) is 170 Å². The monoisotopic (exact) mass is 622 g/mol. The van der Waals surface area contributed by atoms with E-state index in [0.29, 0.717) is 0 Å². The summed E-state index contributed by atoms with van der Waals surface area (Å²) in [7, 11) is 0. The third-order valence-electron chi connectivity index (χ3n) is 11.0. The van der Waals surface area contributed by atoms with E-state index < -0.39 is 0 Å². The summed E-state index contributed by atoms with van der Waals surface area (Å²) in [4.78, 5) is 0. The summed E-state index contributed by atoms with van der Waals surface area (Å²) < 4.78 is 0. The molecule has 0 unspecified atom stereocenters. The van der Waals surface area contributed by atoms with Crippen molar-refractivity contribution in [2.24, 2.45) is 0 Å². The minimum absolute atomic E-state index is 0.115. The summed E-state index contributed by atoms with van der Waals surface area (Å²) in [5, 5.41) is 10.3. The van der Waals surface area contributed by atoms with Gasteiger partial charge in [-0.15, -0.1) is 0 Å². The Morgan fingerprint density at radius 2 is 0.878 bits per heavy atom. The van der Waals surface area contributed by atoms with Gasteiger partial charge in [0, 0.05) is 5.41 Å². The van der Waals surface area contributed by atoms with Gasteiger partial charge in [-0.25, -0.2) is 0 Å². The Kier molecular flexibility index (Phi) is 6.02. The molecule has 0 fully saturated rings. The maximum Gasteiger partial charge on any atom is 0.0165 e. The third kappa shape index (κ3) is 4.11. The lowest BCUT2D eigenvalue weighted by atomic mass is 9.79. The van der Waals surface area contributed by atoms with Crippen LogP contribution in [0.5, 0.6) is 0 Å². The van der Waals surface area contributed by atoms with Crippen molar-refractivity contribution >= 4 is 43.1 Å². The molecule has 0 N–H and O–H groups in total.